The summed E-state index contributed by atoms with van der Waals surface area (Å²) >= 11 is -2.09. The summed E-state index contributed by atoms with van der Waals surface area (Å²) < 4.78 is 8.61. The number of allylic oxidation sites excluding steroid dienone is 4. The van der Waals surface area contributed by atoms with Gasteiger partial charge in [-0.1, -0.05) is 0 Å². The van der Waals surface area contributed by atoms with Crippen molar-refractivity contribution in [2.45, 2.75) is 73.9 Å². The van der Waals surface area contributed by atoms with Crippen molar-refractivity contribution in [2.75, 3.05) is 0 Å². The molecule has 0 spiro atoms. The first-order valence-corrected chi connectivity index (χ1v) is 18.9. The van der Waals surface area contributed by atoms with E-state index in [1.807, 2.05) is 0 Å². The standard InChI is InChI=1S/C11H16O.C9H13.C2H7Si.Zr/c1-8-5-9(11(2,3)4)7-10(12)6-8;1-6-5-7(2)9(4)8(6)3;1-3-2;/h5-7,12H,1-4H3;6H,1-4H3;3H,1-2H3;/q;;;+1/p-1. The fraction of sp³-hybridized carbons (Fsp3) is 0.545. The van der Waals surface area contributed by atoms with E-state index in [-0.39, 0.29) is 5.41 Å². The Kier molecular flexibility index (Phi) is 6.43. The second-order valence-electron chi connectivity index (χ2n) is 8.97. The van der Waals surface area contributed by atoms with Crippen LogP contribution in [0.25, 0.3) is 0 Å². The molecule has 0 aromatic heterocycles. The van der Waals surface area contributed by atoms with Crippen LogP contribution < -0.4 is 2.81 Å². The van der Waals surface area contributed by atoms with Gasteiger partial charge in [0.1, 0.15) is 0 Å². The third kappa shape index (κ3) is 4.48. The van der Waals surface area contributed by atoms with Crippen LogP contribution in [-0.2, 0) is 26.8 Å². The maximum atomic E-state index is 6.89. The van der Waals surface area contributed by atoms with Crippen LogP contribution in [0.3, 0.4) is 0 Å². The van der Waals surface area contributed by atoms with E-state index in [0.29, 0.717) is 5.92 Å². The molecule has 1 aliphatic carbocycles. The molecular weight excluding hydrogens is 400 g/mol. The SMILES string of the molecule is CC1=C(C)C(C)[C]([Zr]([O]c2cc(C)cc(C(C)(C)C)c2)[SiH](C)C)=C1C. The number of aryl methyl sites for hydroxylation is 1. The van der Waals surface area contributed by atoms with Crippen molar-refractivity contribution in [3.05, 3.63) is 49.3 Å². The molecule has 25 heavy (non-hydrogen) atoms. The molecule has 1 aliphatic rings. The van der Waals surface area contributed by atoms with Crippen molar-refractivity contribution >= 4 is 5.92 Å². The first-order chi connectivity index (χ1) is 11.4. The van der Waals surface area contributed by atoms with E-state index < -0.39 is 27.3 Å². The molecule has 1 unspecified atom stereocenters. The van der Waals surface area contributed by atoms with Crippen molar-refractivity contribution in [2.24, 2.45) is 5.92 Å². The third-order valence-electron chi connectivity index (χ3n) is 5.58. The van der Waals surface area contributed by atoms with E-state index in [1.54, 1.807) is 14.4 Å². The number of benzene rings is 1. The van der Waals surface area contributed by atoms with E-state index in [4.69, 9.17) is 2.81 Å². The van der Waals surface area contributed by atoms with Gasteiger partial charge in [0.2, 0.25) is 0 Å². The molecule has 2 rings (SSSR count). The van der Waals surface area contributed by atoms with Crippen LogP contribution >= 0.6 is 0 Å². The van der Waals surface area contributed by atoms with Crippen molar-refractivity contribution in [3.8, 4) is 5.75 Å². The van der Waals surface area contributed by atoms with Crippen LogP contribution in [0.1, 0.15) is 59.6 Å². The van der Waals surface area contributed by atoms with Gasteiger partial charge in [0.25, 0.3) is 0 Å². The minimum absolute atomic E-state index is 0.160. The van der Waals surface area contributed by atoms with E-state index in [9.17, 15) is 0 Å². The second-order valence-corrected chi connectivity index (χ2v) is 26.5. The first-order valence-electron chi connectivity index (χ1n) is 9.49. The van der Waals surface area contributed by atoms with E-state index in [1.165, 1.54) is 16.7 Å². The van der Waals surface area contributed by atoms with Gasteiger partial charge in [-0.15, -0.1) is 0 Å². The fourth-order valence-corrected chi connectivity index (χ4v) is 18.5. The minimum atomic E-state index is -2.09. The molecule has 0 amide bonds. The predicted octanol–water partition coefficient (Wildman–Crippen LogP) is 6.45. The van der Waals surface area contributed by atoms with Crippen molar-refractivity contribution in [1.82, 2.24) is 0 Å². The van der Waals surface area contributed by atoms with Gasteiger partial charge in [0.15, 0.2) is 0 Å². The Morgan fingerprint density at radius 3 is 2.00 bits per heavy atom. The van der Waals surface area contributed by atoms with Gasteiger partial charge in [0.05, 0.1) is 0 Å². The van der Waals surface area contributed by atoms with Gasteiger partial charge in [-0.25, -0.2) is 0 Å². The molecule has 1 aromatic carbocycles. The molecule has 0 aliphatic heterocycles. The van der Waals surface area contributed by atoms with Gasteiger partial charge in [-0.05, 0) is 0 Å². The van der Waals surface area contributed by atoms with Crippen LogP contribution in [-0.4, -0.2) is 5.92 Å². The molecule has 0 N–H and O–H groups in total. The number of hydrogen-bond donors (Lipinski definition) is 0. The molecule has 0 saturated heterocycles. The van der Waals surface area contributed by atoms with Crippen molar-refractivity contribution in [3.63, 3.8) is 0 Å². The molecule has 1 atom stereocenters. The van der Waals surface area contributed by atoms with Gasteiger partial charge >= 0.3 is 165 Å². The van der Waals surface area contributed by atoms with Gasteiger partial charge in [-0.3, -0.25) is 0 Å². The summed E-state index contributed by atoms with van der Waals surface area (Å²) in [6.07, 6.45) is 0. The molecule has 0 radical (unpaired) electrons. The van der Waals surface area contributed by atoms with Crippen LogP contribution in [0.15, 0.2) is 38.2 Å². The summed E-state index contributed by atoms with van der Waals surface area (Å²) in [4.78, 5) is 0. The molecule has 0 saturated carbocycles. The van der Waals surface area contributed by atoms with Crippen LogP contribution in [0.2, 0.25) is 13.1 Å². The zero-order valence-electron chi connectivity index (χ0n) is 17.8. The van der Waals surface area contributed by atoms with Crippen LogP contribution in [0.5, 0.6) is 5.75 Å². The quantitative estimate of drug-likeness (QED) is 0.495. The van der Waals surface area contributed by atoms with E-state index >= 15 is 0 Å². The zero-order chi connectivity index (χ0) is 19.1. The van der Waals surface area contributed by atoms with E-state index in [0.717, 1.165) is 5.75 Å². The third-order valence-corrected chi connectivity index (χ3v) is 21.3. The summed E-state index contributed by atoms with van der Waals surface area (Å²) in [5.74, 6) is 0.891. The normalized spacial score (nSPS) is 18.4. The summed E-state index contributed by atoms with van der Waals surface area (Å²) in [5, 5.41) is 0. The monoisotopic (exact) mass is 433 g/mol. The summed E-state index contributed by atoms with van der Waals surface area (Å²) in [7, 11) is 0. The van der Waals surface area contributed by atoms with Gasteiger partial charge < -0.3 is 0 Å². The maximum absolute atomic E-state index is 6.89. The Morgan fingerprint density at radius 1 is 0.960 bits per heavy atom. The number of rotatable bonds is 4. The molecular formula is C22H35OSiZr. The van der Waals surface area contributed by atoms with Crippen molar-refractivity contribution < 1.29 is 24.2 Å². The average molecular weight is 435 g/mol. The van der Waals surface area contributed by atoms with Crippen molar-refractivity contribution in [1.29, 1.82) is 0 Å². The zero-order valence-corrected chi connectivity index (χ0v) is 21.4. The molecule has 137 valence electrons. The first kappa shape index (κ1) is 20.9. The van der Waals surface area contributed by atoms with Gasteiger partial charge in [-0.2, -0.15) is 0 Å². The summed E-state index contributed by atoms with van der Waals surface area (Å²) in [6, 6.07) is 6.85. The summed E-state index contributed by atoms with van der Waals surface area (Å²) in [6.45, 7) is 23.3. The van der Waals surface area contributed by atoms with Gasteiger partial charge in [0, 0.05) is 0 Å². The molecule has 0 fully saturated rings. The molecule has 0 heterocycles. The van der Waals surface area contributed by atoms with Crippen LogP contribution in [0, 0.1) is 12.8 Å². The Bertz CT molecular complexity index is 722. The van der Waals surface area contributed by atoms with Crippen LogP contribution in [0.4, 0.5) is 0 Å². The Balaban J connectivity index is 2.41. The second kappa shape index (κ2) is 7.69. The molecule has 0 bridgehead atoms. The Hall–Kier alpha value is -0.400. The van der Waals surface area contributed by atoms with E-state index in [2.05, 4.69) is 86.7 Å². The number of hydrogen-bond acceptors (Lipinski definition) is 1. The Labute approximate surface area is 164 Å². The predicted molar refractivity (Wildman–Crippen MR) is 110 cm³/mol. The average Bonchev–Trinajstić information content (AvgIpc) is 2.67. The summed E-state index contributed by atoms with van der Waals surface area (Å²) in [5.41, 5.74) is 7.47. The fourth-order valence-electron chi connectivity index (χ4n) is 3.61. The topological polar surface area (TPSA) is 9.23 Å². The molecule has 3 heteroatoms. The Morgan fingerprint density at radius 2 is 1.56 bits per heavy atom. The molecule has 1 aromatic rings. The molecule has 1 nitrogen and oxygen atoms in total.